The summed E-state index contributed by atoms with van der Waals surface area (Å²) < 4.78 is 19.5. The zero-order valence-electron chi connectivity index (χ0n) is 12.4. The molecule has 22 heavy (non-hydrogen) atoms. The summed E-state index contributed by atoms with van der Waals surface area (Å²) in [5.41, 5.74) is 0.110. The molecule has 0 radical (unpaired) electrons. The van der Waals surface area contributed by atoms with Gasteiger partial charge in [0.2, 0.25) is 0 Å². The molecular weight excluding hydrogens is 285 g/mol. The van der Waals surface area contributed by atoms with E-state index in [0.717, 1.165) is 25.3 Å². The van der Waals surface area contributed by atoms with Crippen LogP contribution in [-0.4, -0.2) is 65.6 Å². The van der Waals surface area contributed by atoms with Crippen LogP contribution in [0.3, 0.4) is 0 Å². The van der Waals surface area contributed by atoms with Gasteiger partial charge in [-0.1, -0.05) is 0 Å². The second-order valence-corrected chi connectivity index (χ2v) is 6.44. The molecular formula is C16H20FN3O2. The zero-order chi connectivity index (χ0) is 15.1. The molecule has 0 N–H and O–H groups in total. The molecule has 1 aliphatic carbocycles. The van der Waals surface area contributed by atoms with Crippen molar-refractivity contribution < 1.29 is 13.9 Å². The van der Waals surface area contributed by atoms with Crippen molar-refractivity contribution >= 4 is 5.91 Å². The molecule has 3 heterocycles. The first-order valence-corrected chi connectivity index (χ1v) is 7.96. The van der Waals surface area contributed by atoms with Crippen molar-refractivity contribution in [3.8, 4) is 0 Å². The van der Waals surface area contributed by atoms with E-state index in [1.165, 1.54) is 25.1 Å². The number of hydrogen-bond acceptors (Lipinski definition) is 4. The Hall–Kier alpha value is -1.53. The quantitative estimate of drug-likeness (QED) is 0.822. The first kappa shape index (κ1) is 14.1. The third-order valence-corrected chi connectivity index (χ3v) is 5.01. The number of rotatable bonds is 2. The van der Waals surface area contributed by atoms with Gasteiger partial charge in [0.05, 0.1) is 31.0 Å². The van der Waals surface area contributed by atoms with Gasteiger partial charge in [-0.25, -0.2) is 4.39 Å². The zero-order valence-corrected chi connectivity index (χ0v) is 12.4. The summed E-state index contributed by atoms with van der Waals surface area (Å²) in [7, 11) is 0. The van der Waals surface area contributed by atoms with E-state index in [9.17, 15) is 9.18 Å². The van der Waals surface area contributed by atoms with E-state index in [1.54, 1.807) is 4.90 Å². The lowest BCUT2D eigenvalue weighted by Gasteiger charge is -2.48. The highest BCUT2D eigenvalue weighted by molar-refractivity contribution is 5.94. The lowest BCUT2D eigenvalue weighted by Crippen LogP contribution is -2.63. The van der Waals surface area contributed by atoms with Gasteiger partial charge in [-0.2, -0.15) is 0 Å². The largest absolute Gasteiger partial charge is 0.378 e. The number of aromatic nitrogens is 1. The van der Waals surface area contributed by atoms with Gasteiger partial charge in [0.25, 0.3) is 5.91 Å². The summed E-state index contributed by atoms with van der Waals surface area (Å²) in [4.78, 5) is 20.5. The minimum Gasteiger partial charge on any atom is -0.378 e. The number of morpholine rings is 1. The molecule has 6 heteroatoms. The maximum absolute atomic E-state index is 13.8. The summed E-state index contributed by atoms with van der Waals surface area (Å²) in [6.45, 7) is 3.59. The Morgan fingerprint density at radius 2 is 2.18 bits per heavy atom. The molecule has 2 saturated heterocycles. The van der Waals surface area contributed by atoms with Crippen molar-refractivity contribution in [2.24, 2.45) is 5.92 Å². The minimum absolute atomic E-state index is 0.110. The first-order valence-electron chi connectivity index (χ1n) is 7.96. The number of amides is 1. The van der Waals surface area contributed by atoms with Crippen molar-refractivity contribution in [2.75, 3.05) is 32.8 Å². The Labute approximate surface area is 129 Å². The fourth-order valence-corrected chi connectivity index (χ4v) is 3.67. The van der Waals surface area contributed by atoms with Gasteiger partial charge in [0.15, 0.2) is 5.82 Å². The van der Waals surface area contributed by atoms with E-state index < -0.39 is 5.82 Å². The average molecular weight is 305 g/mol. The first-order chi connectivity index (χ1) is 10.7. The number of ether oxygens (including phenoxy) is 1. The molecule has 1 saturated carbocycles. The summed E-state index contributed by atoms with van der Waals surface area (Å²) >= 11 is 0. The lowest BCUT2D eigenvalue weighted by atomic mass is 10.0. The molecule has 1 aromatic heterocycles. The number of pyridine rings is 1. The molecule has 5 nitrogen and oxygen atoms in total. The second kappa shape index (κ2) is 5.59. The van der Waals surface area contributed by atoms with Crippen LogP contribution in [0.15, 0.2) is 18.5 Å². The van der Waals surface area contributed by atoms with Gasteiger partial charge in [0.1, 0.15) is 0 Å². The third kappa shape index (κ3) is 2.50. The van der Waals surface area contributed by atoms with Crippen LogP contribution in [0.1, 0.15) is 23.2 Å². The van der Waals surface area contributed by atoms with Crippen molar-refractivity contribution in [2.45, 2.75) is 24.9 Å². The topological polar surface area (TPSA) is 45.7 Å². The van der Waals surface area contributed by atoms with Crippen LogP contribution in [-0.2, 0) is 4.74 Å². The highest BCUT2D eigenvalue weighted by atomic mass is 19.1. The van der Waals surface area contributed by atoms with Crippen LogP contribution in [0.25, 0.3) is 0 Å². The highest BCUT2D eigenvalue weighted by Crippen LogP contribution is 2.38. The van der Waals surface area contributed by atoms with E-state index in [-0.39, 0.29) is 17.5 Å². The summed E-state index contributed by atoms with van der Waals surface area (Å²) in [5, 5.41) is 0. The molecule has 0 aromatic carbocycles. The normalized spacial score (nSPS) is 29.2. The monoisotopic (exact) mass is 305 g/mol. The Morgan fingerprint density at radius 3 is 2.95 bits per heavy atom. The van der Waals surface area contributed by atoms with Crippen LogP contribution in [0, 0.1) is 11.7 Å². The maximum atomic E-state index is 13.8. The fourth-order valence-electron chi connectivity index (χ4n) is 3.67. The predicted molar refractivity (Wildman–Crippen MR) is 77.9 cm³/mol. The molecule has 118 valence electrons. The van der Waals surface area contributed by atoms with Gasteiger partial charge in [-0.15, -0.1) is 0 Å². The predicted octanol–water partition coefficient (Wildman–Crippen LogP) is 1.16. The molecule has 4 rings (SSSR count). The highest BCUT2D eigenvalue weighted by Gasteiger charge is 2.43. The number of carbonyl (C=O) groups is 1. The Bertz CT molecular complexity index is 578. The molecule has 3 aliphatic rings. The number of hydrogen-bond donors (Lipinski definition) is 0. The SMILES string of the molecule is O=C(c1ccncc1F)N1CCN2[C@@H](COC[C@@H]2C2CC2)C1. The van der Waals surface area contributed by atoms with Crippen LogP contribution < -0.4 is 0 Å². The standard InChI is InChI=1S/C16H20FN3O2/c17-14-7-18-4-3-13(14)16(21)19-5-6-20-12(8-19)9-22-10-15(20)11-1-2-11/h3-4,7,11-12,15H,1-2,5-6,8-10H2/t12-,15-/m1/s1. The number of piperazine rings is 1. The third-order valence-electron chi connectivity index (χ3n) is 5.01. The molecule has 0 spiro atoms. The maximum Gasteiger partial charge on any atom is 0.257 e. The number of fused-ring (bicyclic) bond motifs is 1. The molecule has 2 aliphatic heterocycles. The van der Waals surface area contributed by atoms with E-state index in [4.69, 9.17) is 4.74 Å². The van der Waals surface area contributed by atoms with Crippen LogP contribution >= 0.6 is 0 Å². The van der Waals surface area contributed by atoms with Gasteiger partial charge < -0.3 is 9.64 Å². The van der Waals surface area contributed by atoms with Crippen LogP contribution in [0.5, 0.6) is 0 Å². The van der Waals surface area contributed by atoms with E-state index >= 15 is 0 Å². The average Bonchev–Trinajstić information content (AvgIpc) is 3.38. The minimum atomic E-state index is -0.550. The van der Waals surface area contributed by atoms with Crippen molar-refractivity contribution in [1.82, 2.24) is 14.8 Å². The molecule has 1 amide bonds. The number of halogens is 1. The molecule has 2 atom stereocenters. The molecule has 3 fully saturated rings. The van der Waals surface area contributed by atoms with Crippen molar-refractivity contribution in [1.29, 1.82) is 0 Å². The smallest absolute Gasteiger partial charge is 0.257 e. The van der Waals surface area contributed by atoms with E-state index in [2.05, 4.69) is 9.88 Å². The molecule has 1 aromatic rings. The Morgan fingerprint density at radius 1 is 1.32 bits per heavy atom. The van der Waals surface area contributed by atoms with Crippen molar-refractivity contribution in [3.05, 3.63) is 29.8 Å². The fraction of sp³-hybridized carbons (Fsp3) is 0.625. The van der Waals surface area contributed by atoms with Gasteiger partial charge in [-0.3, -0.25) is 14.7 Å². The van der Waals surface area contributed by atoms with E-state index in [0.29, 0.717) is 25.7 Å². The second-order valence-electron chi connectivity index (χ2n) is 6.44. The van der Waals surface area contributed by atoms with Gasteiger partial charge in [-0.05, 0) is 24.8 Å². The number of carbonyl (C=O) groups excluding carboxylic acids is 1. The molecule has 0 bridgehead atoms. The summed E-state index contributed by atoms with van der Waals surface area (Å²) in [6, 6.07) is 2.20. The molecule has 0 unspecified atom stereocenters. The van der Waals surface area contributed by atoms with Crippen LogP contribution in [0.4, 0.5) is 4.39 Å². The van der Waals surface area contributed by atoms with Gasteiger partial charge >= 0.3 is 0 Å². The van der Waals surface area contributed by atoms with Crippen LogP contribution in [0.2, 0.25) is 0 Å². The Kier molecular flexibility index (Phi) is 3.58. The number of nitrogens with zero attached hydrogens (tertiary/aromatic N) is 3. The Balaban J connectivity index is 1.47. The van der Waals surface area contributed by atoms with Crippen molar-refractivity contribution in [3.63, 3.8) is 0 Å². The lowest BCUT2D eigenvalue weighted by molar-refractivity contribution is -0.0816. The van der Waals surface area contributed by atoms with Gasteiger partial charge in [0, 0.05) is 31.9 Å². The van der Waals surface area contributed by atoms with E-state index in [1.807, 2.05) is 0 Å². The summed E-state index contributed by atoms with van der Waals surface area (Å²) in [6.07, 6.45) is 5.14. The summed E-state index contributed by atoms with van der Waals surface area (Å²) in [5.74, 6) is -0.0264.